The molecule has 1 heterocycles. The van der Waals surface area contributed by atoms with Crippen LogP contribution in [-0.4, -0.2) is 17.0 Å². The molecule has 4 heteroatoms. The quantitative estimate of drug-likeness (QED) is 0.753. The van der Waals surface area contributed by atoms with E-state index in [1.807, 2.05) is 6.07 Å². The molecule has 1 aliphatic rings. The molecule has 0 unspecified atom stereocenters. The van der Waals surface area contributed by atoms with Crippen LogP contribution in [0.1, 0.15) is 25.7 Å². The van der Waals surface area contributed by atoms with Crippen molar-refractivity contribution in [3.63, 3.8) is 0 Å². The molecule has 0 bridgehead atoms. The number of rotatable bonds is 2. The summed E-state index contributed by atoms with van der Waals surface area (Å²) in [4.78, 5) is 4.00. The molecule has 15 heavy (non-hydrogen) atoms. The van der Waals surface area contributed by atoms with Crippen molar-refractivity contribution < 1.29 is 13.5 Å². The lowest BCUT2D eigenvalue weighted by Gasteiger charge is -2.28. The van der Waals surface area contributed by atoms with Crippen LogP contribution in [0.25, 0.3) is 0 Å². The maximum atomic E-state index is 12.8. The van der Waals surface area contributed by atoms with E-state index in [-0.39, 0.29) is 18.9 Å². The van der Waals surface area contributed by atoms with Gasteiger partial charge in [-0.05, 0) is 18.9 Å². The summed E-state index contributed by atoms with van der Waals surface area (Å²) in [5.74, 6) is -1.98. The molecule has 1 fully saturated rings. The van der Waals surface area contributed by atoms with Gasteiger partial charge in [0.2, 0.25) is 11.8 Å². The Morgan fingerprint density at radius 2 is 2.00 bits per heavy atom. The number of alkyl halides is 2. The summed E-state index contributed by atoms with van der Waals surface area (Å²) < 4.78 is 31.2. The van der Waals surface area contributed by atoms with Gasteiger partial charge in [-0.25, -0.2) is 13.8 Å². The van der Waals surface area contributed by atoms with Crippen molar-refractivity contribution in [2.45, 2.75) is 37.7 Å². The van der Waals surface area contributed by atoms with E-state index in [0.29, 0.717) is 18.7 Å². The molecule has 1 saturated carbocycles. The van der Waals surface area contributed by atoms with Gasteiger partial charge in [0, 0.05) is 25.1 Å². The standard InChI is InChI=1S/C11H13F2NO/c12-11(13)6-4-9(5-7-11)15-10-3-1-2-8-14-10/h1-3,8-9H,4-7H2. The molecule has 0 saturated heterocycles. The van der Waals surface area contributed by atoms with Gasteiger partial charge >= 0.3 is 0 Å². The highest BCUT2D eigenvalue weighted by Crippen LogP contribution is 2.34. The van der Waals surface area contributed by atoms with Crippen LogP contribution in [0.3, 0.4) is 0 Å². The van der Waals surface area contributed by atoms with E-state index in [1.54, 1.807) is 18.3 Å². The van der Waals surface area contributed by atoms with Gasteiger partial charge in [-0.3, -0.25) is 0 Å². The summed E-state index contributed by atoms with van der Waals surface area (Å²) in [6.07, 6.45) is 2.18. The fourth-order valence-corrected chi connectivity index (χ4v) is 1.72. The minimum absolute atomic E-state index is 0.0789. The van der Waals surface area contributed by atoms with Crippen molar-refractivity contribution >= 4 is 0 Å². The second-order valence-electron chi connectivity index (χ2n) is 3.84. The molecular weight excluding hydrogens is 200 g/mol. The van der Waals surface area contributed by atoms with Gasteiger partial charge in [-0.1, -0.05) is 6.07 Å². The minimum Gasteiger partial charge on any atom is -0.474 e. The summed E-state index contributed by atoms with van der Waals surface area (Å²) in [6.45, 7) is 0. The van der Waals surface area contributed by atoms with Crippen LogP contribution in [0.4, 0.5) is 8.78 Å². The van der Waals surface area contributed by atoms with E-state index in [9.17, 15) is 8.78 Å². The number of nitrogens with zero attached hydrogens (tertiary/aromatic N) is 1. The highest BCUT2D eigenvalue weighted by molar-refractivity contribution is 5.09. The topological polar surface area (TPSA) is 22.1 Å². The number of hydrogen-bond donors (Lipinski definition) is 0. The summed E-state index contributed by atoms with van der Waals surface area (Å²) in [6, 6.07) is 5.36. The van der Waals surface area contributed by atoms with Crippen LogP contribution in [0.2, 0.25) is 0 Å². The molecule has 82 valence electrons. The molecule has 2 nitrogen and oxygen atoms in total. The lowest BCUT2D eigenvalue weighted by atomic mass is 9.94. The Kier molecular flexibility index (Phi) is 2.84. The van der Waals surface area contributed by atoms with Crippen LogP contribution in [-0.2, 0) is 0 Å². The number of hydrogen-bond acceptors (Lipinski definition) is 2. The van der Waals surface area contributed by atoms with Crippen molar-refractivity contribution in [2.75, 3.05) is 0 Å². The number of aromatic nitrogens is 1. The zero-order valence-electron chi connectivity index (χ0n) is 8.33. The van der Waals surface area contributed by atoms with Gasteiger partial charge in [-0.2, -0.15) is 0 Å². The lowest BCUT2D eigenvalue weighted by molar-refractivity contribution is -0.0588. The molecule has 1 aromatic heterocycles. The Balaban J connectivity index is 1.88. The third-order valence-corrected chi connectivity index (χ3v) is 2.59. The zero-order chi connectivity index (χ0) is 10.7. The molecule has 0 atom stereocenters. The molecule has 1 aromatic rings. The van der Waals surface area contributed by atoms with Crippen LogP contribution in [0, 0.1) is 0 Å². The zero-order valence-corrected chi connectivity index (χ0v) is 8.33. The molecule has 0 aliphatic heterocycles. The summed E-state index contributed by atoms with van der Waals surface area (Å²) in [5, 5.41) is 0. The van der Waals surface area contributed by atoms with E-state index >= 15 is 0 Å². The predicted molar refractivity (Wildman–Crippen MR) is 52.1 cm³/mol. The predicted octanol–water partition coefficient (Wildman–Crippen LogP) is 3.04. The Labute approximate surface area is 87.3 Å². The van der Waals surface area contributed by atoms with Gasteiger partial charge in [-0.15, -0.1) is 0 Å². The second-order valence-corrected chi connectivity index (χ2v) is 3.84. The molecule has 0 spiro atoms. The van der Waals surface area contributed by atoms with Gasteiger partial charge in [0.1, 0.15) is 6.10 Å². The van der Waals surface area contributed by atoms with Gasteiger partial charge < -0.3 is 4.74 Å². The van der Waals surface area contributed by atoms with Crippen molar-refractivity contribution in [1.82, 2.24) is 4.98 Å². The van der Waals surface area contributed by atoms with Crippen LogP contribution in [0.15, 0.2) is 24.4 Å². The average molecular weight is 213 g/mol. The summed E-state index contributed by atoms with van der Waals surface area (Å²) >= 11 is 0. The third kappa shape index (κ3) is 2.88. The Morgan fingerprint density at radius 1 is 1.27 bits per heavy atom. The van der Waals surface area contributed by atoms with E-state index in [2.05, 4.69) is 4.98 Å². The molecule has 0 radical (unpaired) electrons. The Morgan fingerprint density at radius 3 is 2.60 bits per heavy atom. The second kappa shape index (κ2) is 4.13. The molecule has 0 aromatic carbocycles. The molecule has 1 aliphatic carbocycles. The van der Waals surface area contributed by atoms with Crippen LogP contribution < -0.4 is 4.74 Å². The Hall–Kier alpha value is -1.19. The van der Waals surface area contributed by atoms with E-state index < -0.39 is 5.92 Å². The molecule has 0 N–H and O–H groups in total. The molecular formula is C11H13F2NO. The maximum Gasteiger partial charge on any atom is 0.248 e. The monoisotopic (exact) mass is 213 g/mol. The Bertz CT molecular complexity index is 306. The van der Waals surface area contributed by atoms with E-state index in [1.165, 1.54) is 0 Å². The highest BCUT2D eigenvalue weighted by Gasteiger charge is 2.35. The van der Waals surface area contributed by atoms with Crippen molar-refractivity contribution in [3.8, 4) is 5.88 Å². The first-order valence-corrected chi connectivity index (χ1v) is 5.11. The number of ether oxygens (including phenoxy) is 1. The van der Waals surface area contributed by atoms with Gasteiger partial charge in [0.15, 0.2) is 0 Å². The van der Waals surface area contributed by atoms with Crippen LogP contribution >= 0.6 is 0 Å². The third-order valence-electron chi connectivity index (χ3n) is 2.59. The average Bonchev–Trinajstić information content (AvgIpc) is 2.23. The minimum atomic E-state index is -2.50. The lowest BCUT2D eigenvalue weighted by Crippen LogP contribution is -2.30. The molecule has 2 rings (SSSR count). The highest BCUT2D eigenvalue weighted by atomic mass is 19.3. The van der Waals surface area contributed by atoms with Gasteiger partial charge in [0.05, 0.1) is 0 Å². The number of halogens is 2. The largest absolute Gasteiger partial charge is 0.474 e. The van der Waals surface area contributed by atoms with E-state index in [0.717, 1.165) is 0 Å². The van der Waals surface area contributed by atoms with Crippen molar-refractivity contribution in [3.05, 3.63) is 24.4 Å². The fourth-order valence-electron chi connectivity index (χ4n) is 1.72. The summed E-state index contributed by atoms with van der Waals surface area (Å²) in [7, 11) is 0. The van der Waals surface area contributed by atoms with Crippen molar-refractivity contribution in [1.29, 1.82) is 0 Å². The fraction of sp³-hybridized carbons (Fsp3) is 0.545. The maximum absolute atomic E-state index is 12.8. The van der Waals surface area contributed by atoms with Gasteiger partial charge in [0.25, 0.3) is 0 Å². The molecule has 0 amide bonds. The van der Waals surface area contributed by atoms with Crippen LogP contribution in [0.5, 0.6) is 5.88 Å². The normalized spacial score (nSPS) is 21.2. The van der Waals surface area contributed by atoms with Crippen molar-refractivity contribution in [2.24, 2.45) is 0 Å². The van der Waals surface area contributed by atoms with E-state index in [4.69, 9.17) is 4.74 Å². The smallest absolute Gasteiger partial charge is 0.248 e. The first kappa shape index (κ1) is 10.3. The summed E-state index contributed by atoms with van der Waals surface area (Å²) in [5.41, 5.74) is 0. The first-order chi connectivity index (χ1) is 7.16. The SMILES string of the molecule is FC1(F)CCC(Oc2ccccn2)CC1. The first-order valence-electron chi connectivity index (χ1n) is 5.11. The number of pyridine rings is 1.